The van der Waals surface area contributed by atoms with Crippen LogP contribution in [0.1, 0.15) is 16.1 Å². The molecule has 0 fully saturated rings. The number of carboxylic acid groups (broad SMARTS) is 1. The van der Waals surface area contributed by atoms with Gasteiger partial charge in [-0.2, -0.15) is 13.2 Å². The minimum atomic E-state index is -4.94. The number of benzene rings is 1. The molecule has 8 heteroatoms. The number of aromatic nitrogens is 2. The van der Waals surface area contributed by atoms with E-state index < -0.39 is 29.2 Å². The van der Waals surface area contributed by atoms with Gasteiger partial charge in [0.15, 0.2) is 11.5 Å². The molecule has 0 amide bonds. The Morgan fingerprint density at radius 3 is 2.25 bits per heavy atom. The number of alkyl halides is 3. The van der Waals surface area contributed by atoms with Crippen molar-refractivity contribution in [1.82, 2.24) is 9.97 Å². The van der Waals surface area contributed by atoms with Gasteiger partial charge in [-0.05, 0) is 0 Å². The number of anilines is 1. The van der Waals surface area contributed by atoms with Gasteiger partial charge in [-0.25, -0.2) is 14.8 Å². The number of nitrogen functional groups attached to an aromatic ring is 1. The van der Waals surface area contributed by atoms with Gasteiger partial charge >= 0.3 is 12.1 Å². The molecule has 1 aromatic heterocycles. The lowest BCUT2D eigenvalue weighted by Gasteiger charge is -2.12. The van der Waals surface area contributed by atoms with E-state index in [0.717, 1.165) is 0 Å². The number of hydrogen-bond donors (Lipinski definition) is 2. The molecular weight excluding hydrogens is 275 g/mol. The normalized spacial score (nSPS) is 11.3. The van der Waals surface area contributed by atoms with Crippen molar-refractivity contribution in [2.75, 3.05) is 5.73 Å². The molecule has 1 heterocycles. The maximum Gasteiger partial charge on any atom is 0.434 e. The second-order valence-corrected chi connectivity index (χ2v) is 3.82. The summed E-state index contributed by atoms with van der Waals surface area (Å²) in [6.45, 7) is 0. The Bertz CT molecular complexity index is 657. The summed E-state index contributed by atoms with van der Waals surface area (Å²) in [4.78, 5) is 17.8. The van der Waals surface area contributed by atoms with Gasteiger partial charge in [-0.3, -0.25) is 0 Å². The number of nitrogens with two attached hydrogens (primary N) is 1. The first-order chi connectivity index (χ1) is 9.30. The van der Waals surface area contributed by atoms with Crippen LogP contribution < -0.4 is 5.73 Å². The predicted octanol–water partition coefficient (Wildman–Crippen LogP) is 2.44. The van der Waals surface area contributed by atoms with Gasteiger partial charge in [-0.1, -0.05) is 30.3 Å². The fourth-order valence-corrected chi connectivity index (χ4v) is 1.61. The van der Waals surface area contributed by atoms with Gasteiger partial charge in [0.25, 0.3) is 0 Å². The number of halogens is 3. The molecule has 2 rings (SSSR count). The summed E-state index contributed by atoms with van der Waals surface area (Å²) >= 11 is 0. The van der Waals surface area contributed by atoms with E-state index in [4.69, 9.17) is 10.8 Å². The van der Waals surface area contributed by atoms with Crippen LogP contribution in [0.5, 0.6) is 0 Å². The Labute approximate surface area is 110 Å². The van der Waals surface area contributed by atoms with E-state index in [9.17, 15) is 18.0 Å². The molecule has 104 valence electrons. The van der Waals surface area contributed by atoms with Crippen molar-refractivity contribution >= 4 is 11.8 Å². The first-order valence-corrected chi connectivity index (χ1v) is 5.34. The fraction of sp³-hybridized carbons (Fsp3) is 0.0833. The van der Waals surface area contributed by atoms with E-state index in [2.05, 4.69) is 9.97 Å². The summed E-state index contributed by atoms with van der Waals surface area (Å²) in [7, 11) is 0. The quantitative estimate of drug-likeness (QED) is 0.883. The van der Waals surface area contributed by atoms with Gasteiger partial charge in [0.05, 0.1) is 0 Å². The Balaban J connectivity index is 2.71. The summed E-state index contributed by atoms with van der Waals surface area (Å²) in [5.74, 6) is -2.83. The molecular formula is C12H8F3N3O2. The van der Waals surface area contributed by atoms with Crippen LogP contribution in [0.4, 0.5) is 19.0 Å². The maximum atomic E-state index is 12.9. The van der Waals surface area contributed by atoms with Gasteiger partial charge in [0.1, 0.15) is 11.4 Å². The van der Waals surface area contributed by atoms with E-state index in [0.29, 0.717) is 5.56 Å². The monoisotopic (exact) mass is 283 g/mol. The van der Waals surface area contributed by atoms with Gasteiger partial charge in [-0.15, -0.1) is 0 Å². The van der Waals surface area contributed by atoms with Crippen molar-refractivity contribution < 1.29 is 23.1 Å². The summed E-state index contributed by atoms with van der Waals surface area (Å²) < 4.78 is 38.6. The molecule has 0 radical (unpaired) electrons. The Kier molecular flexibility index (Phi) is 3.31. The van der Waals surface area contributed by atoms with Crippen molar-refractivity contribution in [2.24, 2.45) is 0 Å². The molecule has 0 saturated carbocycles. The predicted molar refractivity (Wildman–Crippen MR) is 63.8 cm³/mol. The highest BCUT2D eigenvalue weighted by Crippen LogP contribution is 2.33. The molecule has 0 atom stereocenters. The first kappa shape index (κ1) is 13.8. The molecule has 0 saturated heterocycles. The average molecular weight is 283 g/mol. The third-order valence-corrected chi connectivity index (χ3v) is 2.45. The van der Waals surface area contributed by atoms with E-state index in [1.54, 1.807) is 18.2 Å². The number of nitrogens with zero attached hydrogens (tertiary/aromatic N) is 2. The molecule has 2 aromatic rings. The van der Waals surface area contributed by atoms with Crippen molar-refractivity contribution in [1.29, 1.82) is 0 Å². The van der Waals surface area contributed by atoms with Crippen LogP contribution >= 0.6 is 0 Å². The smallest absolute Gasteiger partial charge is 0.434 e. The Hall–Kier alpha value is -2.64. The standard InChI is InChI=1S/C12H8F3N3O2/c13-12(14,15)8-7(11(19)20)9(16)18-10(17-8)6-4-2-1-3-5-6/h1-5H,(H,19,20)(H2,16,17,18). The molecule has 0 spiro atoms. The first-order valence-electron chi connectivity index (χ1n) is 5.34. The molecule has 20 heavy (non-hydrogen) atoms. The molecule has 1 aromatic carbocycles. The molecule has 0 aliphatic rings. The van der Waals surface area contributed by atoms with E-state index in [-0.39, 0.29) is 5.82 Å². The fourth-order valence-electron chi connectivity index (χ4n) is 1.61. The number of rotatable bonds is 2. The van der Waals surface area contributed by atoms with Gasteiger partial charge in [0.2, 0.25) is 0 Å². The topological polar surface area (TPSA) is 89.1 Å². The maximum absolute atomic E-state index is 12.9. The number of aromatic carboxylic acids is 1. The third kappa shape index (κ3) is 2.53. The van der Waals surface area contributed by atoms with Crippen LogP contribution in [0.15, 0.2) is 30.3 Å². The van der Waals surface area contributed by atoms with Crippen LogP contribution in [0.25, 0.3) is 11.4 Å². The minimum absolute atomic E-state index is 0.277. The van der Waals surface area contributed by atoms with Crippen molar-refractivity contribution in [3.63, 3.8) is 0 Å². The second-order valence-electron chi connectivity index (χ2n) is 3.82. The average Bonchev–Trinajstić information content (AvgIpc) is 2.37. The molecule has 0 aliphatic carbocycles. The van der Waals surface area contributed by atoms with Gasteiger partial charge in [0, 0.05) is 5.56 Å². The second kappa shape index (κ2) is 4.80. The summed E-state index contributed by atoms with van der Waals surface area (Å²) in [6.07, 6.45) is -4.94. The zero-order valence-corrected chi connectivity index (χ0v) is 9.85. The molecule has 5 nitrogen and oxygen atoms in total. The number of carboxylic acids is 1. The largest absolute Gasteiger partial charge is 0.477 e. The SMILES string of the molecule is Nc1nc(-c2ccccc2)nc(C(F)(F)F)c1C(=O)O. The van der Waals surface area contributed by atoms with Crippen LogP contribution in [0, 0.1) is 0 Å². The molecule has 0 bridgehead atoms. The highest BCUT2D eigenvalue weighted by molar-refractivity contribution is 5.94. The highest BCUT2D eigenvalue weighted by Gasteiger charge is 2.39. The summed E-state index contributed by atoms with van der Waals surface area (Å²) in [5, 5.41) is 8.81. The number of hydrogen-bond acceptors (Lipinski definition) is 4. The van der Waals surface area contributed by atoms with Crippen LogP contribution in [0.2, 0.25) is 0 Å². The van der Waals surface area contributed by atoms with Crippen molar-refractivity contribution in [3.05, 3.63) is 41.6 Å². The van der Waals surface area contributed by atoms with Crippen LogP contribution in [0.3, 0.4) is 0 Å². The van der Waals surface area contributed by atoms with Crippen LogP contribution in [-0.2, 0) is 6.18 Å². The zero-order chi connectivity index (χ0) is 14.9. The van der Waals surface area contributed by atoms with Gasteiger partial charge < -0.3 is 10.8 Å². The molecule has 0 aliphatic heterocycles. The molecule has 3 N–H and O–H groups in total. The minimum Gasteiger partial charge on any atom is -0.477 e. The van der Waals surface area contributed by atoms with Crippen LogP contribution in [-0.4, -0.2) is 21.0 Å². The number of carbonyl (C=O) groups is 1. The van der Waals surface area contributed by atoms with E-state index in [1.807, 2.05) is 0 Å². The Morgan fingerprint density at radius 2 is 1.75 bits per heavy atom. The lowest BCUT2D eigenvalue weighted by Crippen LogP contribution is -2.19. The van der Waals surface area contributed by atoms with E-state index >= 15 is 0 Å². The lowest BCUT2D eigenvalue weighted by molar-refractivity contribution is -0.141. The molecule has 0 unspecified atom stereocenters. The van der Waals surface area contributed by atoms with E-state index in [1.165, 1.54) is 12.1 Å². The van der Waals surface area contributed by atoms with Crippen molar-refractivity contribution in [3.8, 4) is 11.4 Å². The Morgan fingerprint density at radius 1 is 1.15 bits per heavy atom. The summed E-state index contributed by atoms with van der Waals surface area (Å²) in [5.41, 5.74) is 2.93. The van der Waals surface area contributed by atoms with Crippen molar-refractivity contribution in [2.45, 2.75) is 6.18 Å². The lowest BCUT2D eigenvalue weighted by atomic mass is 10.1. The summed E-state index contributed by atoms with van der Waals surface area (Å²) in [6, 6.07) is 7.84. The zero-order valence-electron chi connectivity index (χ0n) is 9.85. The third-order valence-electron chi connectivity index (χ3n) is 2.45. The highest BCUT2D eigenvalue weighted by atomic mass is 19.4.